The van der Waals surface area contributed by atoms with Crippen molar-refractivity contribution in [2.75, 3.05) is 13.1 Å². The molecule has 0 bridgehead atoms. The van der Waals surface area contributed by atoms with Gasteiger partial charge in [-0.3, -0.25) is 9.59 Å². The summed E-state index contributed by atoms with van der Waals surface area (Å²) in [4.78, 5) is 31.0. The van der Waals surface area contributed by atoms with Gasteiger partial charge < -0.3 is 10.2 Å². The molecule has 1 saturated carbocycles. The van der Waals surface area contributed by atoms with Crippen LogP contribution in [0.2, 0.25) is 0 Å². The second-order valence-electron chi connectivity index (χ2n) is 6.84. The number of piperidine rings is 1. The lowest BCUT2D eigenvalue weighted by molar-refractivity contribution is 0.0691. The molecule has 0 spiro atoms. The molecule has 2 fully saturated rings. The van der Waals surface area contributed by atoms with Gasteiger partial charge in [0, 0.05) is 19.1 Å². The van der Waals surface area contributed by atoms with Crippen molar-refractivity contribution in [1.82, 2.24) is 15.2 Å². The first kappa shape index (κ1) is 16.0. The van der Waals surface area contributed by atoms with Crippen LogP contribution in [0.3, 0.4) is 0 Å². The second-order valence-corrected chi connectivity index (χ2v) is 6.84. The van der Waals surface area contributed by atoms with Gasteiger partial charge in [0.05, 0.1) is 0 Å². The molecule has 2 heterocycles. The van der Waals surface area contributed by atoms with Crippen molar-refractivity contribution >= 4 is 11.8 Å². The minimum atomic E-state index is -0.168. The number of aromatic nitrogens is 1. The van der Waals surface area contributed by atoms with Crippen LogP contribution in [0, 0.1) is 5.92 Å². The number of nitrogens with one attached hydrogen (secondary N) is 1. The van der Waals surface area contributed by atoms with E-state index in [1.54, 1.807) is 18.2 Å². The average Bonchev–Trinajstić information content (AvgIpc) is 3.08. The van der Waals surface area contributed by atoms with Crippen molar-refractivity contribution in [2.24, 2.45) is 5.92 Å². The molecule has 0 atom stereocenters. The van der Waals surface area contributed by atoms with Crippen LogP contribution in [-0.2, 0) is 0 Å². The fourth-order valence-corrected chi connectivity index (χ4v) is 3.38. The number of hydrogen-bond donors (Lipinski definition) is 1. The predicted octanol–water partition coefficient (Wildman–Crippen LogP) is 2.63. The van der Waals surface area contributed by atoms with Gasteiger partial charge in [0.15, 0.2) is 0 Å². The summed E-state index contributed by atoms with van der Waals surface area (Å²) in [5.41, 5.74) is 0.715. The third-order valence-electron chi connectivity index (χ3n) is 4.96. The Morgan fingerprint density at radius 2 is 1.74 bits per heavy atom. The van der Waals surface area contributed by atoms with Crippen molar-refractivity contribution in [3.8, 4) is 0 Å². The number of carbonyl (C=O) groups is 2. The maximum atomic E-state index is 12.6. The maximum absolute atomic E-state index is 12.6. The van der Waals surface area contributed by atoms with E-state index in [-0.39, 0.29) is 17.9 Å². The molecule has 1 aliphatic carbocycles. The van der Waals surface area contributed by atoms with Crippen LogP contribution in [0.5, 0.6) is 0 Å². The van der Waals surface area contributed by atoms with Gasteiger partial charge in [-0.05, 0) is 43.7 Å². The highest BCUT2D eigenvalue weighted by Crippen LogP contribution is 2.19. The molecule has 1 aromatic rings. The van der Waals surface area contributed by atoms with Crippen LogP contribution in [0.4, 0.5) is 0 Å². The SMILES string of the molecule is CC1CCN(C(=O)c2cccc(C(=O)NC3CCCC3)n2)CC1. The Bertz CT molecular complexity index is 573. The van der Waals surface area contributed by atoms with Crippen LogP contribution in [0.1, 0.15) is 66.4 Å². The molecule has 0 radical (unpaired) electrons. The van der Waals surface area contributed by atoms with Crippen molar-refractivity contribution in [3.05, 3.63) is 29.6 Å². The van der Waals surface area contributed by atoms with E-state index in [0.29, 0.717) is 17.3 Å². The summed E-state index contributed by atoms with van der Waals surface area (Å²) in [6.45, 7) is 3.77. The van der Waals surface area contributed by atoms with Crippen molar-refractivity contribution in [1.29, 1.82) is 0 Å². The van der Waals surface area contributed by atoms with Crippen LogP contribution in [0.25, 0.3) is 0 Å². The Labute approximate surface area is 137 Å². The summed E-state index contributed by atoms with van der Waals surface area (Å²) in [5, 5.41) is 3.02. The zero-order valence-electron chi connectivity index (χ0n) is 13.8. The fourth-order valence-electron chi connectivity index (χ4n) is 3.38. The molecule has 1 aliphatic heterocycles. The van der Waals surface area contributed by atoms with Gasteiger partial charge >= 0.3 is 0 Å². The monoisotopic (exact) mass is 315 g/mol. The Morgan fingerprint density at radius 1 is 1.09 bits per heavy atom. The quantitative estimate of drug-likeness (QED) is 0.932. The van der Waals surface area contributed by atoms with E-state index in [0.717, 1.165) is 38.8 Å². The van der Waals surface area contributed by atoms with Gasteiger partial charge in [0.2, 0.25) is 0 Å². The number of pyridine rings is 1. The van der Waals surface area contributed by atoms with Gasteiger partial charge in [-0.2, -0.15) is 0 Å². The highest BCUT2D eigenvalue weighted by Gasteiger charge is 2.24. The molecule has 2 aliphatic rings. The van der Waals surface area contributed by atoms with Gasteiger partial charge in [0.1, 0.15) is 11.4 Å². The summed E-state index contributed by atoms with van der Waals surface area (Å²) >= 11 is 0. The lowest BCUT2D eigenvalue weighted by Gasteiger charge is -2.30. The first-order valence-corrected chi connectivity index (χ1v) is 8.70. The second kappa shape index (κ2) is 7.11. The number of hydrogen-bond acceptors (Lipinski definition) is 3. The average molecular weight is 315 g/mol. The topological polar surface area (TPSA) is 62.3 Å². The molecule has 2 amide bonds. The van der Waals surface area contributed by atoms with E-state index >= 15 is 0 Å². The summed E-state index contributed by atoms with van der Waals surface area (Å²) in [6, 6.07) is 5.38. The van der Waals surface area contributed by atoms with E-state index < -0.39 is 0 Å². The van der Waals surface area contributed by atoms with Gasteiger partial charge in [-0.1, -0.05) is 25.8 Å². The molecule has 0 aromatic carbocycles. The largest absolute Gasteiger partial charge is 0.348 e. The Kier molecular flexibility index (Phi) is 4.94. The number of rotatable bonds is 3. The first-order chi connectivity index (χ1) is 11.1. The molecule has 1 saturated heterocycles. The summed E-state index contributed by atoms with van der Waals surface area (Å²) in [7, 11) is 0. The summed E-state index contributed by atoms with van der Waals surface area (Å²) < 4.78 is 0. The Hall–Kier alpha value is -1.91. The van der Waals surface area contributed by atoms with Gasteiger partial charge in [-0.25, -0.2) is 4.98 Å². The third kappa shape index (κ3) is 3.89. The van der Waals surface area contributed by atoms with E-state index in [9.17, 15) is 9.59 Å². The number of nitrogens with zero attached hydrogens (tertiary/aromatic N) is 2. The molecule has 5 heteroatoms. The number of likely N-dealkylation sites (tertiary alicyclic amines) is 1. The normalized spacial score (nSPS) is 19.8. The van der Waals surface area contributed by atoms with Crippen molar-refractivity contribution in [2.45, 2.75) is 51.5 Å². The van der Waals surface area contributed by atoms with Crippen molar-refractivity contribution < 1.29 is 9.59 Å². The standard InChI is InChI=1S/C18H25N3O2/c1-13-9-11-21(12-10-13)18(23)16-8-4-7-15(20-16)17(22)19-14-5-2-3-6-14/h4,7-8,13-14H,2-3,5-6,9-12H2,1H3,(H,19,22). The molecule has 124 valence electrons. The minimum Gasteiger partial charge on any atom is -0.348 e. The number of amides is 2. The zero-order chi connectivity index (χ0) is 16.2. The molecule has 1 aromatic heterocycles. The summed E-state index contributed by atoms with van der Waals surface area (Å²) in [5.74, 6) is 0.446. The molecule has 3 rings (SSSR count). The van der Waals surface area contributed by atoms with E-state index in [2.05, 4.69) is 17.2 Å². The highest BCUT2D eigenvalue weighted by atomic mass is 16.2. The lowest BCUT2D eigenvalue weighted by Crippen LogP contribution is -2.38. The van der Waals surface area contributed by atoms with Crippen LogP contribution in [0.15, 0.2) is 18.2 Å². The molecule has 1 N–H and O–H groups in total. The van der Waals surface area contributed by atoms with Crippen molar-refractivity contribution in [3.63, 3.8) is 0 Å². The number of carbonyl (C=O) groups excluding carboxylic acids is 2. The smallest absolute Gasteiger partial charge is 0.272 e. The maximum Gasteiger partial charge on any atom is 0.272 e. The molecule has 5 nitrogen and oxygen atoms in total. The lowest BCUT2D eigenvalue weighted by atomic mass is 9.99. The predicted molar refractivity (Wildman–Crippen MR) is 88.3 cm³/mol. The minimum absolute atomic E-state index is 0.0626. The van der Waals surface area contributed by atoms with Crippen LogP contribution >= 0.6 is 0 Å². The van der Waals surface area contributed by atoms with Crippen LogP contribution < -0.4 is 5.32 Å². The van der Waals surface area contributed by atoms with Gasteiger partial charge in [-0.15, -0.1) is 0 Å². The van der Waals surface area contributed by atoms with E-state index in [1.165, 1.54) is 12.8 Å². The fraction of sp³-hybridized carbons (Fsp3) is 0.611. The molecular formula is C18H25N3O2. The Balaban J connectivity index is 1.66. The Morgan fingerprint density at radius 3 is 2.43 bits per heavy atom. The zero-order valence-corrected chi connectivity index (χ0v) is 13.8. The first-order valence-electron chi connectivity index (χ1n) is 8.70. The van der Waals surface area contributed by atoms with Gasteiger partial charge in [0.25, 0.3) is 11.8 Å². The van der Waals surface area contributed by atoms with E-state index in [1.807, 2.05) is 4.90 Å². The van der Waals surface area contributed by atoms with E-state index in [4.69, 9.17) is 0 Å². The third-order valence-corrected chi connectivity index (χ3v) is 4.96. The van der Waals surface area contributed by atoms with Crippen LogP contribution in [-0.4, -0.2) is 40.8 Å². The summed E-state index contributed by atoms with van der Waals surface area (Å²) in [6.07, 6.45) is 6.49. The molecule has 0 unspecified atom stereocenters. The highest BCUT2D eigenvalue weighted by molar-refractivity contribution is 5.96. The molecular weight excluding hydrogens is 290 g/mol. The molecule has 23 heavy (non-hydrogen) atoms.